The van der Waals surface area contributed by atoms with Crippen molar-refractivity contribution in [3.05, 3.63) is 71.7 Å². The van der Waals surface area contributed by atoms with Gasteiger partial charge in [-0.25, -0.2) is 9.97 Å². The van der Waals surface area contributed by atoms with Gasteiger partial charge in [0.1, 0.15) is 23.1 Å². The minimum absolute atomic E-state index is 0.105. The maximum atomic E-state index is 13.2. The normalized spacial score (nSPS) is 13.0. The lowest BCUT2D eigenvalue weighted by molar-refractivity contribution is 0.0980. The smallest absolute Gasteiger partial charge is 0.277 e. The fourth-order valence-corrected chi connectivity index (χ4v) is 3.47. The molecule has 28 heavy (non-hydrogen) atoms. The molecule has 0 aliphatic carbocycles. The molecule has 0 atom stereocenters. The molecule has 1 N–H and O–H groups in total. The molecule has 2 heterocycles. The third kappa shape index (κ3) is 3.67. The Morgan fingerprint density at radius 1 is 1.11 bits per heavy atom. The minimum atomic E-state index is -0.105. The average molecular weight is 374 g/mol. The number of aromatic nitrogens is 2. The van der Waals surface area contributed by atoms with Gasteiger partial charge in [0.15, 0.2) is 0 Å². The van der Waals surface area contributed by atoms with Gasteiger partial charge in [-0.2, -0.15) is 0 Å². The molecule has 6 nitrogen and oxygen atoms in total. The van der Waals surface area contributed by atoms with Gasteiger partial charge in [-0.05, 0) is 43.5 Å². The quantitative estimate of drug-likeness (QED) is 0.744. The van der Waals surface area contributed by atoms with Crippen LogP contribution in [0.3, 0.4) is 0 Å². The van der Waals surface area contributed by atoms with Crippen molar-refractivity contribution >= 4 is 23.1 Å². The largest absolute Gasteiger partial charge is 0.497 e. The first kappa shape index (κ1) is 18.0. The number of nitrogens with zero attached hydrogens (tertiary/aromatic N) is 3. The number of hydrogen-bond donors (Lipinski definition) is 1. The summed E-state index contributed by atoms with van der Waals surface area (Å²) in [7, 11) is 1.63. The predicted molar refractivity (Wildman–Crippen MR) is 109 cm³/mol. The summed E-state index contributed by atoms with van der Waals surface area (Å²) in [5.41, 5.74) is 3.38. The fourth-order valence-electron chi connectivity index (χ4n) is 3.47. The van der Waals surface area contributed by atoms with Gasteiger partial charge in [0, 0.05) is 30.1 Å². The standard InChI is InChI=1S/C22H22N4O2/c1-15-23-19(14-21(24-15)25-17-9-5-10-18(13-17)28-2)22(27)26-12-6-8-16-7-3-4-11-20(16)26/h3-5,7,9-11,13-14H,6,8,12H2,1-2H3,(H,23,24,25). The molecule has 1 amide bonds. The van der Waals surface area contributed by atoms with E-state index < -0.39 is 0 Å². The van der Waals surface area contributed by atoms with E-state index in [9.17, 15) is 4.79 Å². The summed E-state index contributed by atoms with van der Waals surface area (Å²) in [6.45, 7) is 2.48. The molecule has 6 heteroatoms. The van der Waals surface area contributed by atoms with Crippen LogP contribution < -0.4 is 15.0 Å². The number of para-hydroxylation sites is 1. The van der Waals surface area contributed by atoms with Gasteiger partial charge in [-0.3, -0.25) is 4.79 Å². The number of rotatable bonds is 4. The molecule has 3 aromatic rings. The Morgan fingerprint density at radius 2 is 1.96 bits per heavy atom. The van der Waals surface area contributed by atoms with E-state index in [1.54, 1.807) is 20.1 Å². The summed E-state index contributed by atoms with van der Waals surface area (Å²) in [5, 5.41) is 3.23. The number of aryl methyl sites for hydroxylation is 2. The average Bonchev–Trinajstić information content (AvgIpc) is 2.72. The van der Waals surface area contributed by atoms with E-state index in [4.69, 9.17) is 4.74 Å². The van der Waals surface area contributed by atoms with Gasteiger partial charge in [-0.15, -0.1) is 0 Å². The van der Waals surface area contributed by atoms with Crippen molar-refractivity contribution in [2.45, 2.75) is 19.8 Å². The highest BCUT2D eigenvalue weighted by Gasteiger charge is 2.24. The Balaban J connectivity index is 1.63. The van der Waals surface area contributed by atoms with Crippen LogP contribution in [0.5, 0.6) is 5.75 Å². The number of fused-ring (bicyclic) bond motifs is 1. The molecule has 4 rings (SSSR count). The summed E-state index contributed by atoms with van der Waals surface area (Å²) < 4.78 is 5.26. The highest BCUT2D eigenvalue weighted by molar-refractivity contribution is 6.05. The lowest BCUT2D eigenvalue weighted by Gasteiger charge is -2.29. The second-order valence-corrected chi connectivity index (χ2v) is 6.73. The minimum Gasteiger partial charge on any atom is -0.497 e. The monoisotopic (exact) mass is 374 g/mol. The van der Waals surface area contributed by atoms with Gasteiger partial charge in [-0.1, -0.05) is 24.3 Å². The van der Waals surface area contributed by atoms with E-state index in [1.165, 1.54) is 5.56 Å². The second kappa shape index (κ2) is 7.68. The molecule has 0 unspecified atom stereocenters. The highest BCUT2D eigenvalue weighted by atomic mass is 16.5. The van der Waals surface area contributed by atoms with Crippen molar-refractivity contribution in [2.24, 2.45) is 0 Å². The van der Waals surface area contributed by atoms with E-state index in [0.717, 1.165) is 30.0 Å². The number of amides is 1. The summed E-state index contributed by atoms with van der Waals surface area (Å²) >= 11 is 0. The van der Waals surface area contributed by atoms with E-state index >= 15 is 0 Å². The van der Waals surface area contributed by atoms with Crippen molar-refractivity contribution < 1.29 is 9.53 Å². The molecule has 2 aromatic carbocycles. The Kier molecular flexibility index (Phi) is 4.93. The number of carbonyl (C=O) groups excluding carboxylic acids is 1. The van der Waals surface area contributed by atoms with Crippen molar-refractivity contribution in [2.75, 3.05) is 23.9 Å². The number of anilines is 3. The first-order chi connectivity index (χ1) is 13.6. The number of benzene rings is 2. The SMILES string of the molecule is COc1cccc(Nc2cc(C(=O)N3CCCc4ccccc43)nc(C)n2)c1. The fraction of sp³-hybridized carbons (Fsp3) is 0.227. The van der Waals surface area contributed by atoms with E-state index in [2.05, 4.69) is 21.4 Å². The first-order valence-corrected chi connectivity index (χ1v) is 9.30. The van der Waals surface area contributed by atoms with Crippen LogP contribution in [-0.2, 0) is 6.42 Å². The Hall–Kier alpha value is -3.41. The summed E-state index contributed by atoms with van der Waals surface area (Å²) in [6, 6.07) is 17.3. The van der Waals surface area contributed by atoms with Crippen LogP contribution in [0.25, 0.3) is 0 Å². The molecule has 1 aliphatic rings. The third-order valence-electron chi connectivity index (χ3n) is 4.75. The van der Waals surface area contributed by atoms with Gasteiger partial charge >= 0.3 is 0 Å². The van der Waals surface area contributed by atoms with Gasteiger partial charge < -0.3 is 15.0 Å². The molecule has 0 fully saturated rings. The molecule has 1 aliphatic heterocycles. The van der Waals surface area contributed by atoms with E-state index in [0.29, 0.717) is 23.9 Å². The molecule has 142 valence electrons. The van der Waals surface area contributed by atoms with Gasteiger partial charge in [0.25, 0.3) is 5.91 Å². The summed E-state index contributed by atoms with van der Waals surface area (Å²) in [4.78, 5) is 23.8. The zero-order valence-electron chi connectivity index (χ0n) is 16.0. The molecule has 0 saturated carbocycles. The van der Waals surface area contributed by atoms with Crippen molar-refractivity contribution in [1.82, 2.24) is 9.97 Å². The lowest BCUT2D eigenvalue weighted by atomic mass is 10.0. The zero-order valence-corrected chi connectivity index (χ0v) is 16.0. The van der Waals surface area contributed by atoms with Crippen molar-refractivity contribution in [3.8, 4) is 5.75 Å². The number of nitrogens with one attached hydrogen (secondary N) is 1. The summed E-state index contributed by atoms with van der Waals surface area (Å²) in [6.07, 6.45) is 1.94. The van der Waals surface area contributed by atoms with Crippen LogP contribution in [0.1, 0.15) is 28.3 Å². The van der Waals surface area contributed by atoms with Crippen LogP contribution in [0.4, 0.5) is 17.2 Å². The van der Waals surface area contributed by atoms with Crippen LogP contribution in [0.15, 0.2) is 54.6 Å². The van der Waals surface area contributed by atoms with Crippen molar-refractivity contribution in [1.29, 1.82) is 0 Å². The third-order valence-corrected chi connectivity index (χ3v) is 4.75. The van der Waals surface area contributed by atoms with Crippen LogP contribution in [0, 0.1) is 6.92 Å². The predicted octanol–water partition coefficient (Wildman–Crippen LogP) is 4.13. The van der Waals surface area contributed by atoms with Crippen molar-refractivity contribution in [3.63, 3.8) is 0 Å². The zero-order chi connectivity index (χ0) is 19.5. The first-order valence-electron chi connectivity index (χ1n) is 9.30. The molecule has 0 radical (unpaired) electrons. The molecule has 1 aromatic heterocycles. The molecule has 0 saturated heterocycles. The number of hydrogen-bond acceptors (Lipinski definition) is 5. The number of carbonyl (C=O) groups is 1. The van der Waals surface area contributed by atoms with Gasteiger partial charge in [0.2, 0.25) is 0 Å². The summed E-state index contributed by atoms with van der Waals surface area (Å²) in [5.74, 6) is 1.76. The van der Waals surface area contributed by atoms with E-state index in [-0.39, 0.29) is 5.91 Å². The maximum absolute atomic E-state index is 13.2. The topological polar surface area (TPSA) is 67.3 Å². The number of methoxy groups -OCH3 is 1. The van der Waals surface area contributed by atoms with Crippen LogP contribution >= 0.6 is 0 Å². The molecule has 0 spiro atoms. The Labute approximate surface area is 164 Å². The molecule has 0 bridgehead atoms. The van der Waals surface area contributed by atoms with Gasteiger partial charge in [0.05, 0.1) is 7.11 Å². The van der Waals surface area contributed by atoms with E-state index in [1.807, 2.05) is 47.4 Å². The number of ether oxygens (including phenoxy) is 1. The Bertz CT molecular complexity index is 1020. The second-order valence-electron chi connectivity index (χ2n) is 6.73. The van der Waals surface area contributed by atoms with Crippen LogP contribution in [0.2, 0.25) is 0 Å². The Morgan fingerprint density at radius 3 is 2.82 bits per heavy atom. The molecular weight excluding hydrogens is 352 g/mol. The highest BCUT2D eigenvalue weighted by Crippen LogP contribution is 2.28. The van der Waals surface area contributed by atoms with Crippen LogP contribution in [-0.4, -0.2) is 29.5 Å². The molecular formula is C22H22N4O2. The maximum Gasteiger partial charge on any atom is 0.277 e. The lowest BCUT2D eigenvalue weighted by Crippen LogP contribution is -2.36.